The van der Waals surface area contributed by atoms with Gasteiger partial charge in [0.15, 0.2) is 0 Å². The van der Waals surface area contributed by atoms with Crippen LogP contribution >= 0.6 is 11.6 Å². The molecule has 5 heteroatoms. The van der Waals surface area contributed by atoms with Crippen LogP contribution in [0.2, 0.25) is 5.02 Å². The highest BCUT2D eigenvalue weighted by atomic mass is 35.5. The molecular weight excluding hydrogens is 300 g/mol. The summed E-state index contributed by atoms with van der Waals surface area (Å²) in [5.74, 6) is 0. The number of carbonyl (C=O) groups excluding carboxylic acids is 1. The fourth-order valence-electron chi connectivity index (χ4n) is 2.92. The number of benzene rings is 1. The molecule has 2 rings (SSSR count). The Morgan fingerprint density at radius 3 is 2.50 bits per heavy atom. The minimum absolute atomic E-state index is 0.410. The summed E-state index contributed by atoms with van der Waals surface area (Å²) in [7, 11) is 0. The zero-order chi connectivity index (χ0) is 16.4. The van der Waals surface area contributed by atoms with Crippen molar-refractivity contribution >= 4 is 23.4 Å². The van der Waals surface area contributed by atoms with Crippen LogP contribution in [0.3, 0.4) is 0 Å². The lowest BCUT2D eigenvalue weighted by molar-refractivity contribution is 0.0635. The Hall–Kier alpha value is -1.26. The molecule has 1 saturated carbocycles. The van der Waals surface area contributed by atoms with E-state index in [2.05, 4.69) is 5.32 Å². The van der Waals surface area contributed by atoms with E-state index < -0.39 is 17.2 Å². The summed E-state index contributed by atoms with van der Waals surface area (Å²) in [5, 5.41) is 3.37. The van der Waals surface area contributed by atoms with Crippen LogP contribution in [0.4, 0.5) is 10.5 Å². The van der Waals surface area contributed by atoms with E-state index in [1.807, 2.05) is 32.9 Å². The van der Waals surface area contributed by atoms with Crippen molar-refractivity contribution in [2.24, 2.45) is 5.73 Å². The molecule has 0 saturated heterocycles. The zero-order valence-electron chi connectivity index (χ0n) is 13.5. The number of amides is 1. The summed E-state index contributed by atoms with van der Waals surface area (Å²) >= 11 is 6.08. The Bertz CT molecular complexity index is 546. The van der Waals surface area contributed by atoms with Gasteiger partial charge < -0.3 is 10.5 Å². The van der Waals surface area contributed by atoms with Gasteiger partial charge in [-0.2, -0.15) is 0 Å². The first kappa shape index (κ1) is 17.1. The van der Waals surface area contributed by atoms with Crippen LogP contribution in [0.1, 0.15) is 58.4 Å². The maximum Gasteiger partial charge on any atom is 0.412 e. The van der Waals surface area contributed by atoms with E-state index in [0.29, 0.717) is 10.7 Å². The minimum Gasteiger partial charge on any atom is -0.444 e. The van der Waals surface area contributed by atoms with Crippen LogP contribution in [-0.4, -0.2) is 11.7 Å². The topological polar surface area (TPSA) is 64.3 Å². The molecule has 3 N–H and O–H groups in total. The fraction of sp³-hybridized carbons (Fsp3) is 0.588. The number of hydrogen-bond acceptors (Lipinski definition) is 3. The van der Waals surface area contributed by atoms with Gasteiger partial charge in [0, 0.05) is 10.6 Å². The summed E-state index contributed by atoms with van der Waals surface area (Å²) in [6.07, 6.45) is 4.75. The van der Waals surface area contributed by atoms with Gasteiger partial charge in [0.05, 0.1) is 5.69 Å². The van der Waals surface area contributed by atoms with E-state index in [1.165, 1.54) is 6.42 Å². The third-order valence-electron chi connectivity index (χ3n) is 3.90. The molecule has 0 radical (unpaired) electrons. The first-order chi connectivity index (χ1) is 10.2. The molecule has 1 amide bonds. The van der Waals surface area contributed by atoms with Crippen molar-refractivity contribution in [2.45, 2.75) is 64.0 Å². The second-order valence-electron chi connectivity index (χ2n) is 7.03. The summed E-state index contributed by atoms with van der Waals surface area (Å²) in [5.41, 5.74) is 7.22. The van der Waals surface area contributed by atoms with Crippen LogP contribution < -0.4 is 11.1 Å². The van der Waals surface area contributed by atoms with Crippen LogP contribution in [0.25, 0.3) is 0 Å². The van der Waals surface area contributed by atoms with Gasteiger partial charge in [-0.1, -0.05) is 36.9 Å². The van der Waals surface area contributed by atoms with Crippen molar-refractivity contribution in [3.05, 3.63) is 28.8 Å². The lowest BCUT2D eigenvalue weighted by Crippen LogP contribution is -2.39. The molecule has 1 aromatic rings. The number of ether oxygens (including phenoxy) is 1. The molecule has 1 aliphatic rings. The second-order valence-corrected chi connectivity index (χ2v) is 7.47. The predicted molar refractivity (Wildman–Crippen MR) is 90.3 cm³/mol. The number of nitrogens with one attached hydrogen (secondary N) is 1. The van der Waals surface area contributed by atoms with Crippen LogP contribution in [-0.2, 0) is 10.3 Å². The predicted octanol–water partition coefficient (Wildman–Crippen LogP) is 4.81. The molecule has 22 heavy (non-hydrogen) atoms. The number of anilines is 1. The monoisotopic (exact) mass is 324 g/mol. The van der Waals surface area contributed by atoms with Gasteiger partial charge in [-0.25, -0.2) is 4.79 Å². The number of halogens is 1. The van der Waals surface area contributed by atoms with Crippen molar-refractivity contribution < 1.29 is 9.53 Å². The highest BCUT2D eigenvalue weighted by Gasteiger charge is 2.32. The number of rotatable bonds is 2. The van der Waals surface area contributed by atoms with Crippen LogP contribution in [0, 0.1) is 0 Å². The van der Waals surface area contributed by atoms with E-state index in [1.54, 1.807) is 6.07 Å². The molecule has 122 valence electrons. The Kier molecular flexibility index (Phi) is 5.03. The highest BCUT2D eigenvalue weighted by Crippen LogP contribution is 2.39. The zero-order valence-corrected chi connectivity index (χ0v) is 14.3. The first-order valence-electron chi connectivity index (χ1n) is 7.79. The number of carbonyl (C=O) groups is 1. The molecular formula is C17H25ClN2O2. The van der Waals surface area contributed by atoms with E-state index in [0.717, 1.165) is 31.2 Å². The molecule has 0 atom stereocenters. The molecule has 1 aliphatic carbocycles. The maximum absolute atomic E-state index is 12.1. The summed E-state index contributed by atoms with van der Waals surface area (Å²) in [6.45, 7) is 5.49. The number of hydrogen-bond donors (Lipinski definition) is 2. The Labute approximate surface area is 137 Å². The molecule has 0 bridgehead atoms. The molecule has 0 unspecified atom stereocenters. The van der Waals surface area contributed by atoms with Crippen molar-refractivity contribution in [1.82, 2.24) is 0 Å². The highest BCUT2D eigenvalue weighted by molar-refractivity contribution is 6.31. The Morgan fingerprint density at radius 1 is 1.27 bits per heavy atom. The molecule has 1 fully saturated rings. The SMILES string of the molecule is CC(C)(C)OC(=O)Nc1cc(Cl)ccc1C1(N)CCCCC1. The van der Waals surface area contributed by atoms with E-state index in [4.69, 9.17) is 22.1 Å². The fourth-order valence-corrected chi connectivity index (χ4v) is 3.09. The first-order valence-corrected chi connectivity index (χ1v) is 8.16. The van der Waals surface area contributed by atoms with E-state index in [-0.39, 0.29) is 0 Å². The van der Waals surface area contributed by atoms with E-state index in [9.17, 15) is 4.79 Å². The molecule has 0 spiro atoms. The number of nitrogens with two attached hydrogens (primary N) is 1. The lowest BCUT2D eigenvalue weighted by Gasteiger charge is -2.35. The minimum atomic E-state index is -0.548. The van der Waals surface area contributed by atoms with Crippen LogP contribution in [0.15, 0.2) is 18.2 Å². The lowest BCUT2D eigenvalue weighted by atomic mass is 9.77. The quantitative estimate of drug-likeness (QED) is 0.820. The van der Waals surface area contributed by atoms with Crippen molar-refractivity contribution in [2.75, 3.05) is 5.32 Å². The third-order valence-corrected chi connectivity index (χ3v) is 4.13. The van der Waals surface area contributed by atoms with Gasteiger partial charge in [-0.15, -0.1) is 0 Å². The van der Waals surface area contributed by atoms with Crippen LogP contribution in [0.5, 0.6) is 0 Å². The Balaban J connectivity index is 2.26. The van der Waals surface area contributed by atoms with Gasteiger partial charge in [-0.3, -0.25) is 5.32 Å². The van der Waals surface area contributed by atoms with Gasteiger partial charge in [0.1, 0.15) is 5.60 Å². The molecule has 1 aromatic carbocycles. The smallest absolute Gasteiger partial charge is 0.412 e. The average Bonchev–Trinajstić information content (AvgIpc) is 2.36. The largest absolute Gasteiger partial charge is 0.444 e. The van der Waals surface area contributed by atoms with Gasteiger partial charge in [0.2, 0.25) is 0 Å². The molecule has 0 heterocycles. The Morgan fingerprint density at radius 2 is 1.91 bits per heavy atom. The normalized spacial score (nSPS) is 17.9. The maximum atomic E-state index is 12.1. The van der Waals surface area contributed by atoms with Crippen molar-refractivity contribution in [1.29, 1.82) is 0 Å². The van der Waals surface area contributed by atoms with Crippen molar-refractivity contribution in [3.63, 3.8) is 0 Å². The van der Waals surface area contributed by atoms with Crippen molar-refractivity contribution in [3.8, 4) is 0 Å². The second kappa shape index (κ2) is 6.47. The molecule has 4 nitrogen and oxygen atoms in total. The van der Waals surface area contributed by atoms with Gasteiger partial charge >= 0.3 is 6.09 Å². The average molecular weight is 325 g/mol. The van der Waals surface area contributed by atoms with Gasteiger partial charge in [0.25, 0.3) is 0 Å². The summed E-state index contributed by atoms with van der Waals surface area (Å²) in [4.78, 5) is 12.1. The molecule has 0 aromatic heterocycles. The third kappa shape index (κ3) is 4.37. The molecule has 0 aliphatic heterocycles. The summed E-state index contributed by atoms with van der Waals surface area (Å²) < 4.78 is 5.32. The van der Waals surface area contributed by atoms with E-state index >= 15 is 0 Å². The van der Waals surface area contributed by atoms with Gasteiger partial charge in [-0.05, 0) is 51.3 Å². The standard InChI is InChI=1S/C17H25ClN2O2/c1-16(2,3)22-15(21)20-14-11-12(18)7-8-13(14)17(19)9-5-4-6-10-17/h7-8,11H,4-6,9-10,19H2,1-3H3,(H,20,21). The summed E-state index contributed by atoms with van der Waals surface area (Å²) in [6, 6.07) is 5.48.